The molecule has 0 saturated heterocycles. The van der Waals surface area contributed by atoms with Crippen molar-refractivity contribution in [2.24, 2.45) is 0 Å². The van der Waals surface area contributed by atoms with Crippen LogP contribution in [0.4, 0.5) is 5.69 Å². The van der Waals surface area contributed by atoms with Crippen molar-refractivity contribution in [2.45, 2.75) is 6.92 Å². The van der Waals surface area contributed by atoms with Gasteiger partial charge in [0.2, 0.25) is 11.6 Å². The van der Waals surface area contributed by atoms with E-state index in [1.54, 1.807) is 30.3 Å². The first kappa shape index (κ1) is 28.5. The van der Waals surface area contributed by atoms with Crippen molar-refractivity contribution in [2.75, 3.05) is 14.2 Å². The fourth-order valence-corrected chi connectivity index (χ4v) is 4.30. The number of aromatic hydroxyl groups is 2. The van der Waals surface area contributed by atoms with Crippen molar-refractivity contribution < 1.29 is 39.0 Å². The average molecular weight is 551 g/mol. The lowest BCUT2D eigenvalue weighted by Crippen LogP contribution is -1.94. The summed E-state index contributed by atoms with van der Waals surface area (Å²) in [7, 11) is 2.89. The molecule has 4 rings (SSSR count). The summed E-state index contributed by atoms with van der Waals surface area (Å²) >= 11 is 1.34. The average Bonchev–Trinajstić information content (AvgIpc) is 3.44. The Hall–Kier alpha value is -5.10. The minimum Gasteiger partial charge on any atom is -0.504 e. The molecule has 0 aliphatic carbocycles. The highest BCUT2D eigenvalue weighted by Gasteiger charge is 2.19. The van der Waals surface area contributed by atoms with Gasteiger partial charge in [0.25, 0.3) is 0 Å². The highest BCUT2D eigenvalue weighted by Crippen LogP contribution is 2.37. The van der Waals surface area contributed by atoms with Gasteiger partial charge in [-0.05, 0) is 54.4 Å². The molecule has 0 spiro atoms. The van der Waals surface area contributed by atoms with Crippen LogP contribution in [0.3, 0.4) is 0 Å². The van der Waals surface area contributed by atoms with Gasteiger partial charge in [0, 0.05) is 28.8 Å². The van der Waals surface area contributed by atoms with Gasteiger partial charge < -0.3 is 19.7 Å². The number of nitro groups is 1. The Morgan fingerprint density at radius 3 is 2.10 bits per heavy atom. The summed E-state index contributed by atoms with van der Waals surface area (Å²) in [6.07, 6.45) is 2.40. The summed E-state index contributed by atoms with van der Waals surface area (Å²) in [5.41, 5.74) is 1.19. The summed E-state index contributed by atoms with van der Waals surface area (Å²) < 4.78 is 9.95. The number of hydrogen-bond donors (Lipinski definition) is 2. The fraction of sp³-hybridized carbons (Fsp3) is 0.111. The largest absolute Gasteiger partial charge is 0.504 e. The topological polar surface area (TPSA) is 166 Å². The van der Waals surface area contributed by atoms with Gasteiger partial charge in [0.05, 0.1) is 35.1 Å². The highest BCUT2D eigenvalue weighted by atomic mass is 32.1. The number of aromatic nitrogens is 1. The number of hydrogen-bond acceptors (Lipinski definition) is 11. The number of carbonyl (C=O) groups is 3. The Morgan fingerprint density at radius 2 is 1.59 bits per heavy atom. The third-order valence-electron chi connectivity index (χ3n) is 5.41. The number of phenolic OH excluding ortho intramolecular Hbond substituents is 2. The van der Waals surface area contributed by atoms with Crippen LogP contribution < -0.4 is 9.47 Å². The molecule has 12 heteroatoms. The maximum atomic E-state index is 11.3. The number of benzene rings is 2. The molecule has 0 bridgehead atoms. The third-order valence-corrected chi connectivity index (χ3v) is 6.65. The van der Waals surface area contributed by atoms with Crippen LogP contribution in [-0.2, 0) is 0 Å². The smallest absolute Gasteiger partial charge is 0.312 e. The molecule has 0 saturated carbocycles. The van der Waals surface area contributed by atoms with Crippen LogP contribution in [0.2, 0.25) is 0 Å². The Kier molecular flexibility index (Phi) is 9.07. The molecule has 0 unspecified atom stereocenters. The van der Waals surface area contributed by atoms with Crippen LogP contribution in [0.25, 0.3) is 21.6 Å². The lowest BCUT2D eigenvalue weighted by atomic mass is 10.0. The first-order chi connectivity index (χ1) is 18.6. The number of methoxy groups -OCH3 is 2. The van der Waals surface area contributed by atoms with Crippen molar-refractivity contribution in [3.63, 3.8) is 0 Å². The molecule has 2 N–H and O–H groups in total. The van der Waals surface area contributed by atoms with E-state index in [4.69, 9.17) is 9.47 Å². The first-order valence-corrected chi connectivity index (χ1v) is 11.9. The number of aldehydes is 2. The summed E-state index contributed by atoms with van der Waals surface area (Å²) in [6.45, 7) is 1.50. The molecule has 11 nitrogen and oxygen atoms in total. The highest BCUT2D eigenvalue weighted by molar-refractivity contribution is 7.17. The molecule has 0 amide bonds. The van der Waals surface area contributed by atoms with E-state index < -0.39 is 16.4 Å². The van der Waals surface area contributed by atoms with Gasteiger partial charge in [0.1, 0.15) is 0 Å². The minimum atomic E-state index is -0.747. The maximum Gasteiger partial charge on any atom is 0.312 e. The summed E-state index contributed by atoms with van der Waals surface area (Å²) in [5, 5.41) is 30.2. The molecule has 0 aliphatic heterocycles. The van der Waals surface area contributed by atoms with Crippen molar-refractivity contribution in [1.29, 1.82) is 0 Å². The Labute approximate surface area is 226 Å². The third kappa shape index (κ3) is 6.43. The van der Waals surface area contributed by atoms with Crippen molar-refractivity contribution >= 4 is 35.4 Å². The zero-order valence-corrected chi connectivity index (χ0v) is 21.7. The van der Waals surface area contributed by atoms with Crippen LogP contribution in [0.1, 0.15) is 37.3 Å². The van der Waals surface area contributed by atoms with E-state index in [0.29, 0.717) is 34.5 Å². The van der Waals surface area contributed by atoms with Crippen molar-refractivity contribution in [3.8, 4) is 44.7 Å². The van der Waals surface area contributed by atoms with E-state index in [2.05, 4.69) is 4.98 Å². The van der Waals surface area contributed by atoms with Crippen molar-refractivity contribution in [3.05, 3.63) is 80.8 Å². The number of Topliss-reactive ketones (excluding diaryl/α,β-unsaturated/α-hetero) is 1. The normalized spacial score (nSPS) is 10.1. The SMILES string of the molecule is COc1cc(-c2ccc(C(C)=O)s2)cc(C=O)c1O.COc1ccc(-c2cc(C=O)c(O)c([N+](=O)[O-])c2)cn1. The molecule has 2 aromatic heterocycles. The number of nitrogens with zero attached hydrogens (tertiary/aromatic N) is 2. The van der Waals surface area contributed by atoms with Crippen LogP contribution in [-0.4, -0.2) is 52.7 Å². The van der Waals surface area contributed by atoms with Crippen molar-refractivity contribution in [1.82, 2.24) is 4.98 Å². The summed E-state index contributed by atoms with van der Waals surface area (Å²) in [5.74, 6) is -0.188. The molecule has 0 radical (unpaired) electrons. The molecular weight excluding hydrogens is 528 g/mol. The summed E-state index contributed by atoms with van der Waals surface area (Å²) in [4.78, 5) is 48.7. The van der Waals surface area contributed by atoms with Gasteiger partial charge in [-0.3, -0.25) is 24.5 Å². The molecule has 2 aromatic carbocycles. The van der Waals surface area contributed by atoms with Gasteiger partial charge >= 0.3 is 5.69 Å². The second-order valence-corrected chi connectivity index (χ2v) is 8.94. The second-order valence-electron chi connectivity index (χ2n) is 7.85. The molecule has 0 fully saturated rings. The van der Waals surface area contributed by atoms with Gasteiger partial charge in [-0.1, -0.05) is 0 Å². The zero-order valence-electron chi connectivity index (χ0n) is 20.9. The van der Waals surface area contributed by atoms with Crippen LogP contribution in [0.5, 0.6) is 23.1 Å². The lowest BCUT2D eigenvalue weighted by molar-refractivity contribution is -0.385. The Bertz CT molecular complexity index is 1550. The van der Waals surface area contributed by atoms with Gasteiger partial charge in [-0.15, -0.1) is 11.3 Å². The molecule has 4 aromatic rings. The van der Waals surface area contributed by atoms with E-state index in [9.17, 15) is 34.7 Å². The minimum absolute atomic E-state index is 0.00222. The number of ketones is 1. The monoisotopic (exact) mass is 550 g/mol. The number of thiophene rings is 1. The number of nitro benzene ring substituents is 1. The lowest BCUT2D eigenvalue weighted by Gasteiger charge is -2.07. The number of pyridine rings is 1. The quantitative estimate of drug-likeness (QED) is 0.127. The van der Waals surface area contributed by atoms with E-state index in [1.807, 2.05) is 6.07 Å². The van der Waals surface area contributed by atoms with Crippen LogP contribution >= 0.6 is 11.3 Å². The Balaban J connectivity index is 0.000000216. The van der Waals surface area contributed by atoms with Gasteiger partial charge in [0.15, 0.2) is 29.9 Å². The van der Waals surface area contributed by atoms with E-state index >= 15 is 0 Å². The molecule has 2 heterocycles. The predicted molar refractivity (Wildman–Crippen MR) is 143 cm³/mol. The fourth-order valence-electron chi connectivity index (χ4n) is 3.41. The second kappa shape index (κ2) is 12.4. The van der Waals surface area contributed by atoms with E-state index in [1.165, 1.54) is 50.8 Å². The van der Waals surface area contributed by atoms with E-state index in [-0.39, 0.29) is 28.4 Å². The van der Waals surface area contributed by atoms with Crippen LogP contribution in [0.15, 0.2) is 54.7 Å². The number of rotatable bonds is 8. The molecule has 0 aliphatic rings. The predicted octanol–water partition coefficient (Wildman–Crippen LogP) is 5.33. The summed E-state index contributed by atoms with van der Waals surface area (Å²) in [6, 6.07) is 12.5. The number of ether oxygens (including phenoxy) is 2. The molecule has 0 atom stereocenters. The first-order valence-electron chi connectivity index (χ1n) is 11.1. The van der Waals surface area contributed by atoms with E-state index in [0.717, 1.165) is 10.4 Å². The van der Waals surface area contributed by atoms with Gasteiger partial charge in [-0.25, -0.2) is 4.98 Å². The molecule has 200 valence electrons. The number of phenols is 2. The standard InChI is InChI=1S/C14H12O4S.C13H10N2O5/c1-8(16)12-3-4-13(19-12)9-5-10(7-15)14(17)11(6-9)18-2;1-20-12-3-2-8(6-14-12)9-4-10(7-16)13(17)11(5-9)15(18)19/h3-7,17H,1-2H3;2-7,17H,1H3. The zero-order chi connectivity index (χ0) is 28.7. The molecule has 39 heavy (non-hydrogen) atoms. The number of carbonyl (C=O) groups excluding carboxylic acids is 3. The maximum absolute atomic E-state index is 11.3. The van der Waals surface area contributed by atoms with Gasteiger partial charge in [-0.2, -0.15) is 0 Å². The Morgan fingerprint density at radius 1 is 0.923 bits per heavy atom. The molecular formula is C27H22N2O9S. The van der Waals surface area contributed by atoms with Crippen LogP contribution in [0, 0.1) is 10.1 Å².